The molecule has 0 aliphatic carbocycles. The summed E-state index contributed by atoms with van der Waals surface area (Å²) in [5.74, 6) is -0.787. The molecule has 0 fully saturated rings. The largest absolute Gasteiger partial charge is 0.481 e. The second-order valence-corrected chi connectivity index (χ2v) is 5.65. The fourth-order valence-corrected chi connectivity index (χ4v) is 2.54. The molecule has 0 saturated carbocycles. The maximum absolute atomic E-state index is 10.7. The van der Waals surface area contributed by atoms with E-state index in [9.17, 15) is 4.79 Å². The maximum Gasteiger partial charge on any atom is 0.303 e. The topological polar surface area (TPSA) is 64.4 Å². The quantitative estimate of drug-likeness (QED) is 0.794. The molecule has 4 nitrogen and oxygen atoms in total. The number of allylic oxidation sites excluding steroid dienone is 2. The maximum atomic E-state index is 10.7. The predicted octanol–water partition coefficient (Wildman–Crippen LogP) is 2.65. The lowest BCUT2D eigenvalue weighted by Gasteiger charge is -2.46. The van der Waals surface area contributed by atoms with Gasteiger partial charge in [0.1, 0.15) is 0 Å². The van der Waals surface area contributed by atoms with Gasteiger partial charge < -0.3 is 15.4 Å². The van der Waals surface area contributed by atoms with Gasteiger partial charge in [-0.2, -0.15) is 0 Å². The van der Waals surface area contributed by atoms with Crippen molar-refractivity contribution in [2.45, 2.75) is 58.5 Å². The predicted molar refractivity (Wildman–Crippen MR) is 68.4 cm³/mol. The highest BCUT2D eigenvalue weighted by molar-refractivity contribution is 5.94. The highest BCUT2D eigenvalue weighted by Crippen LogP contribution is 2.30. The van der Waals surface area contributed by atoms with Crippen LogP contribution < -0.4 is 0 Å². The van der Waals surface area contributed by atoms with Crippen molar-refractivity contribution >= 4 is 11.7 Å². The van der Waals surface area contributed by atoms with Crippen LogP contribution in [0.4, 0.5) is 0 Å². The number of rotatable bonds is 3. The zero-order chi connectivity index (χ0) is 13.2. The summed E-state index contributed by atoms with van der Waals surface area (Å²) in [4.78, 5) is 12.9. The van der Waals surface area contributed by atoms with Crippen LogP contribution in [0.5, 0.6) is 0 Å². The first-order valence-corrected chi connectivity index (χ1v) is 6.01. The van der Waals surface area contributed by atoms with Gasteiger partial charge in [0.25, 0.3) is 0 Å². The van der Waals surface area contributed by atoms with E-state index < -0.39 is 5.97 Å². The molecule has 2 N–H and O–H groups in total. The van der Waals surface area contributed by atoms with Gasteiger partial charge in [-0.1, -0.05) is 0 Å². The molecule has 1 unspecified atom stereocenters. The Morgan fingerprint density at radius 2 is 2.18 bits per heavy atom. The number of hydrogen-bond acceptors (Lipinski definition) is 3. The SMILES string of the molecule is CC1CC(=N)C=C(CCC(=O)O)N1C(C)(C)C. The van der Waals surface area contributed by atoms with Gasteiger partial charge in [-0.05, 0) is 40.2 Å². The third kappa shape index (κ3) is 3.58. The number of aliphatic carboxylic acids is 1. The molecule has 1 atom stereocenters. The van der Waals surface area contributed by atoms with E-state index in [0.717, 1.165) is 12.1 Å². The third-order valence-electron chi connectivity index (χ3n) is 2.92. The van der Waals surface area contributed by atoms with Gasteiger partial charge >= 0.3 is 5.97 Å². The van der Waals surface area contributed by atoms with Gasteiger partial charge in [0.15, 0.2) is 0 Å². The van der Waals surface area contributed by atoms with Crippen LogP contribution in [0.2, 0.25) is 0 Å². The molecule has 0 saturated heterocycles. The van der Waals surface area contributed by atoms with Crippen molar-refractivity contribution < 1.29 is 9.90 Å². The summed E-state index contributed by atoms with van der Waals surface area (Å²) in [6.45, 7) is 8.45. The normalized spacial score (nSPS) is 21.4. The minimum Gasteiger partial charge on any atom is -0.481 e. The Kier molecular flexibility index (Phi) is 3.96. The van der Waals surface area contributed by atoms with Gasteiger partial charge in [0, 0.05) is 29.4 Å². The van der Waals surface area contributed by atoms with Gasteiger partial charge in [-0.25, -0.2) is 0 Å². The Labute approximate surface area is 103 Å². The Hall–Kier alpha value is -1.32. The highest BCUT2D eigenvalue weighted by atomic mass is 16.4. The summed E-state index contributed by atoms with van der Waals surface area (Å²) >= 11 is 0. The molecule has 96 valence electrons. The van der Waals surface area contributed by atoms with Crippen LogP contribution >= 0.6 is 0 Å². The fourth-order valence-electron chi connectivity index (χ4n) is 2.54. The molecule has 1 aliphatic rings. The van der Waals surface area contributed by atoms with Crippen LogP contribution in [0.25, 0.3) is 0 Å². The van der Waals surface area contributed by atoms with E-state index >= 15 is 0 Å². The molecule has 0 amide bonds. The molecule has 0 aromatic rings. The van der Waals surface area contributed by atoms with Crippen molar-refractivity contribution in [3.05, 3.63) is 11.8 Å². The molecular formula is C13H22N2O2. The molecular weight excluding hydrogens is 216 g/mol. The van der Waals surface area contributed by atoms with Gasteiger partial charge in [-0.3, -0.25) is 4.79 Å². The summed E-state index contributed by atoms with van der Waals surface area (Å²) in [6, 6.07) is 0.260. The first kappa shape index (κ1) is 13.7. The molecule has 0 spiro atoms. The molecule has 0 bridgehead atoms. The molecule has 0 aromatic carbocycles. The van der Waals surface area contributed by atoms with Crippen LogP contribution in [0.15, 0.2) is 11.8 Å². The second kappa shape index (κ2) is 4.90. The van der Waals surface area contributed by atoms with E-state index in [1.807, 2.05) is 6.08 Å². The fraction of sp³-hybridized carbons (Fsp3) is 0.692. The molecule has 1 rings (SSSR count). The van der Waals surface area contributed by atoms with Crippen molar-refractivity contribution in [1.82, 2.24) is 4.90 Å². The zero-order valence-electron chi connectivity index (χ0n) is 11.1. The zero-order valence-corrected chi connectivity index (χ0v) is 11.1. The summed E-state index contributed by atoms with van der Waals surface area (Å²) in [7, 11) is 0. The first-order chi connectivity index (χ1) is 7.71. The Morgan fingerprint density at radius 1 is 1.59 bits per heavy atom. The van der Waals surface area contributed by atoms with Crippen LogP contribution in [-0.2, 0) is 4.79 Å². The van der Waals surface area contributed by atoms with Crippen molar-refractivity contribution in [2.24, 2.45) is 0 Å². The van der Waals surface area contributed by atoms with Gasteiger partial charge in [-0.15, -0.1) is 0 Å². The van der Waals surface area contributed by atoms with Crippen molar-refractivity contribution in [2.75, 3.05) is 0 Å². The second-order valence-electron chi connectivity index (χ2n) is 5.65. The molecule has 0 aromatic heterocycles. The van der Waals surface area contributed by atoms with Gasteiger partial charge in [0.2, 0.25) is 0 Å². The molecule has 0 radical (unpaired) electrons. The number of nitrogens with one attached hydrogen (secondary N) is 1. The molecule has 4 heteroatoms. The Morgan fingerprint density at radius 3 is 2.65 bits per heavy atom. The monoisotopic (exact) mass is 238 g/mol. The van der Waals surface area contributed by atoms with Crippen LogP contribution in [0.1, 0.15) is 47.0 Å². The molecule has 1 heterocycles. The van der Waals surface area contributed by atoms with Crippen LogP contribution in [0.3, 0.4) is 0 Å². The van der Waals surface area contributed by atoms with E-state index in [0.29, 0.717) is 12.1 Å². The minimum atomic E-state index is -0.787. The average Bonchev–Trinajstić information content (AvgIpc) is 2.10. The van der Waals surface area contributed by atoms with Crippen LogP contribution in [0, 0.1) is 5.41 Å². The number of carbonyl (C=O) groups is 1. The Bertz CT molecular complexity index is 353. The first-order valence-electron chi connectivity index (χ1n) is 6.01. The third-order valence-corrected chi connectivity index (χ3v) is 2.92. The van der Waals surface area contributed by atoms with Crippen LogP contribution in [-0.4, -0.2) is 33.3 Å². The molecule has 17 heavy (non-hydrogen) atoms. The standard InChI is InChI=1S/C13H22N2O2/c1-9-7-10(14)8-11(5-6-12(16)17)15(9)13(2,3)4/h8-9,14H,5-7H2,1-4H3,(H,16,17). The summed E-state index contributed by atoms with van der Waals surface area (Å²) in [5, 5.41) is 16.5. The lowest BCUT2D eigenvalue weighted by Crippen LogP contribution is -2.49. The smallest absolute Gasteiger partial charge is 0.303 e. The van der Waals surface area contributed by atoms with E-state index in [1.165, 1.54) is 0 Å². The van der Waals surface area contributed by atoms with Crippen molar-refractivity contribution in [3.8, 4) is 0 Å². The van der Waals surface area contributed by atoms with Crippen molar-refractivity contribution in [1.29, 1.82) is 5.41 Å². The van der Waals surface area contributed by atoms with E-state index in [4.69, 9.17) is 10.5 Å². The van der Waals surface area contributed by atoms with Gasteiger partial charge in [0.05, 0.1) is 6.42 Å². The van der Waals surface area contributed by atoms with E-state index in [2.05, 4.69) is 32.6 Å². The lowest BCUT2D eigenvalue weighted by molar-refractivity contribution is -0.137. The van der Waals surface area contributed by atoms with E-state index in [-0.39, 0.29) is 18.0 Å². The number of hydrogen-bond donors (Lipinski definition) is 2. The average molecular weight is 238 g/mol. The summed E-state index contributed by atoms with van der Waals surface area (Å²) < 4.78 is 0. The number of carboxylic acids is 1. The highest BCUT2D eigenvalue weighted by Gasteiger charge is 2.31. The minimum absolute atomic E-state index is 0.0372. The van der Waals surface area contributed by atoms with Crippen molar-refractivity contribution in [3.63, 3.8) is 0 Å². The number of nitrogens with zero attached hydrogens (tertiary/aromatic N) is 1. The lowest BCUT2D eigenvalue weighted by atomic mass is 9.93. The Balaban J connectivity index is 2.93. The summed E-state index contributed by atoms with van der Waals surface area (Å²) in [5.41, 5.74) is 1.53. The van der Waals surface area contributed by atoms with E-state index in [1.54, 1.807) is 0 Å². The summed E-state index contributed by atoms with van der Waals surface area (Å²) in [6.07, 6.45) is 3.18. The molecule has 1 aliphatic heterocycles. The number of carboxylic acid groups (broad SMARTS) is 1.